The zero-order chi connectivity index (χ0) is 12.3. The summed E-state index contributed by atoms with van der Waals surface area (Å²) in [6, 6.07) is 2.02. The minimum atomic E-state index is 0.226. The normalized spacial score (nSPS) is 19.3. The minimum absolute atomic E-state index is 0.226. The molecule has 2 nitrogen and oxygen atoms in total. The molecule has 1 aliphatic rings. The predicted molar refractivity (Wildman–Crippen MR) is 72.6 cm³/mol. The summed E-state index contributed by atoms with van der Waals surface area (Å²) in [6.45, 7) is 3.78. The molecule has 0 aliphatic carbocycles. The fourth-order valence-corrected chi connectivity index (χ4v) is 3.21. The van der Waals surface area contributed by atoms with E-state index in [9.17, 15) is 4.79 Å². The van der Waals surface area contributed by atoms with Crippen molar-refractivity contribution in [2.45, 2.75) is 31.6 Å². The lowest BCUT2D eigenvalue weighted by Gasteiger charge is -2.33. The van der Waals surface area contributed by atoms with Gasteiger partial charge >= 0.3 is 0 Å². The van der Waals surface area contributed by atoms with Gasteiger partial charge in [0.05, 0.1) is 6.42 Å². The Labute approximate surface area is 112 Å². The van der Waals surface area contributed by atoms with E-state index >= 15 is 0 Å². The number of amides is 1. The maximum atomic E-state index is 12.0. The van der Waals surface area contributed by atoms with Crippen LogP contribution in [0.25, 0.3) is 0 Å². The molecule has 94 valence electrons. The molecule has 0 radical (unpaired) electrons. The first-order chi connectivity index (χ1) is 8.16. The number of nitrogens with zero attached hydrogens (tertiary/aromatic N) is 1. The lowest BCUT2D eigenvalue weighted by Crippen LogP contribution is -2.40. The van der Waals surface area contributed by atoms with Gasteiger partial charge in [-0.2, -0.15) is 11.3 Å². The van der Waals surface area contributed by atoms with E-state index in [1.807, 2.05) is 21.7 Å². The van der Waals surface area contributed by atoms with Crippen LogP contribution in [0.1, 0.15) is 25.3 Å². The van der Waals surface area contributed by atoms with Crippen LogP contribution in [-0.4, -0.2) is 29.3 Å². The maximum Gasteiger partial charge on any atom is 0.227 e. The lowest BCUT2D eigenvalue weighted by molar-refractivity contribution is -0.131. The molecule has 0 N–H and O–H groups in total. The van der Waals surface area contributed by atoms with Crippen LogP contribution in [-0.2, 0) is 11.2 Å². The predicted octanol–water partition coefficient (Wildman–Crippen LogP) is 3.16. The van der Waals surface area contributed by atoms with E-state index in [2.05, 4.69) is 6.92 Å². The average Bonchev–Trinajstić information content (AvgIpc) is 2.82. The van der Waals surface area contributed by atoms with E-state index in [1.165, 1.54) is 0 Å². The van der Waals surface area contributed by atoms with Gasteiger partial charge in [0.2, 0.25) is 5.91 Å². The Hall–Kier alpha value is -0.540. The van der Waals surface area contributed by atoms with Crippen LogP contribution in [0, 0.1) is 5.92 Å². The third-order valence-corrected chi connectivity index (χ3v) is 4.57. The van der Waals surface area contributed by atoms with Crippen molar-refractivity contribution in [1.82, 2.24) is 4.90 Å². The van der Waals surface area contributed by atoms with E-state index in [-0.39, 0.29) is 11.3 Å². The smallest absolute Gasteiger partial charge is 0.227 e. The fourth-order valence-electron chi connectivity index (χ4n) is 2.29. The molecule has 1 aromatic heterocycles. The van der Waals surface area contributed by atoms with Crippen molar-refractivity contribution in [3.05, 3.63) is 22.4 Å². The number of carbonyl (C=O) groups is 1. The molecule has 0 bridgehead atoms. The zero-order valence-corrected chi connectivity index (χ0v) is 11.6. The summed E-state index contributed by atoms with van der Waals surface area (Å²) >= 11 is 7.74. The van der Waals surface area contributed by atoms with Gasteiger partial charge in [-0.15, -0.1) is 11.6 Å². The van der Waals surface area contributed by atoms with Crippen LogP contribution < -0.4 is 0 Å². The SMILES string of the molecule is CC(Cl)C1CCN(C(=O)Cc2ccsc2)CC1. The number of hydrogen-bond acceptors (Lipinski definition) is 2. The first kappa shape index (κ1) is 12.9. The Morgan fingerprint density at radius 3 is 2.82 bits per heavy atom. The van der Waals surface area contributed by atoms with Crippen LogP contribution >= 0.6 is 22.9 Å². The van der Waals surface area contributed by atoms with E-state index in [1.54, 1.807) is 11.3 Å². The molecule has 1 aromatic rings. The Morgan fingerprint density at radius 2 is 2.29 bits per heavy atom. The number of halogens is 1. The van der Waals surface area contributed by atoms with Gasteiger partial charge in [-0.3, -0.25) is 4.79 Å². The van der Waals surface area contributed by atoms with E-state index in [0.29, 0.717) is 12.3 Å². The third-order valence-electron chi connectivity index (χ3n) is 3.48. The van der Waals surface area contributed by atoms with E-state index < -0.39 is 0 Å². The molecule has 2 rings (SSSR count). The summed E-state index contributed by atoms with van der Waals surface area (Å²) in [6.07, 6.45) is 2.63. The topological polar surface area (TPSA) is 20.3 Å². The molecule has 1 unspecified atom stereocenters. The van der Waals surface area contributed by atoms with Crippen LogP contribution in [0.5, 0.6) is 0 Å². The lowest BCUT2D eigenvalue weighted by atomic mass is 9.94. The second-order valence-electron chi connectivity index (χ2n) is 4.70. The highest BCUT2D eigenvalue weighted by molar-refractivity contribution is 7.07. The third kappa shape index (κ3) is 3.46. The standard InChI is InChI=1S/C13H18ClNOS/c1-10(14)12-2-5-15(6-3-12)13(16)8-11-4-7-17-9-11/h4,7,9-10,12H,2-3,5-6,8H2,1H3. The number of rotatable bonds is 3. The zero-order valence-electron chi connectivity index (χ0n) is 10.1. The van der Waals surface area contributed by atoms with Gasteiger partial charge in [-0.1, -0.05) is 0 Å². The highest BCUT2D eigenvalue weighted by Gasteiger charge is 2.25. The Morgan fingerprint density at radius 1 is 1.59 bits per heavy atom. The van der Waals surface area contributed by atoms with Crippen molar-refractivity contribution in [1.29, 1.82) is 0 Å². The molecule has 0 saturated carbocycles. The second kappa shape index (κ2) is 5.87. The number of carbonyl (C=O) groups excluding carboxylic acids is 1. The molecular weight excluding hydrogens is 254 g/mol. The largest absolute Gasteiger partial charge is 0.342 e. The van der Waals surface area contributed by atoms with Crippen molar-refractivity contribution < 1.29 is 4.79 Å². The Bertz CT molecular complexity index is 356. The van der Waals surface area contributed by atoms with E-state index in [4.69, 9.17) is 11.6 Å². The first-order valence-electron chi connectivity index (χ1n) is 6.09. The molecule has 17 heavy (non-hydrogen) atoms. The van der Waals surface area contributed by atoms with Gasteiger partial charge in [0.15, 0.2) is 0 Å². The highest BCUT2D eigenvalue weighted by Crippen LogP contribution is 2.24. The minimum Gasteiger partial charge on any atom is -0.342 e. The molecular formula is C13H18ClNOS. The Balaban J connectivity index is 1.82. The molecule has 1 saturated heterocycles. The number of piperidine rings is 1. The van der Waals surface area contributed by atoms with Gasteiger partial charge in [0.1, 0.15) is 0 Å². The van der Waals surface area contributed by atoms with Crippen molar-refractivity contribution in [2.75, 3.05) is 13.1 Å². The fraction of sp³-hybridized carbons (Fsp3) is 0.615. The van der Waals surface area contributed by atoms with Crippen molar-refractivity contribution in [3.63, 3.8) is 0 Å². The number of thiophene rings is 1. The summed E-state index contributed by atoms with van der Waals surface area (Å²) in [7, 11) is 0. The maximum absolute atomic E-state index is 12.0. The van der Waals surface area contributed by atoms with Crippen LogP contribution in [0.2, 0.25) is 0 Å². The second-order valence-corrected chi connectivity index (χ2v) is 6.17. The number of alkyl halides is 1. The molecule has 1 atom stereocenters. The van der Waals surface area contributed by atoms with E-state index in [0.717, 1.165) is 31.5 Å². The summed E-state index contributed by atoms with van der Waals surface area (Å²) in [4.78, 5) is 14.0. The summed E-state index contributed by atoms with van der Waals surface area (Å²) < 4.78 is 0. The quantitative estimate of drug-likeness (QED) is 0.774. The summed E-state index contributed by atoms with van der Waals surface area (Å²) in [5.41, 5.74) is 1.13. The van der Waals surface area contributed by atoms with Crippen molar-refractivity contribution in [2.24, 2.45) is 5.92 Å². The van der Waals surface area contributed by atoms with Gasteiger partial charge in [0.25, 0.3) is 0 Å². The molecule has 2 heterocycles. The van der Waals surface area contributed by atoms with Gasteiger partial charge in [-0.05, 0) is 48.1 Å². The highest BCUT2D eigenvalue weighted by atomic mass is 35.5. The molecule has 1 fully saturated rings. The first-order valence-corrected chi connectivity index (χ1v) is 7.47. The molecule has 4 heteroatoms. The van der Waals surface area contributed by atoms with Crippen LogP contribution in [0.3, 0.4) is 0 Å². The van der Waals surface area contributed by atoms with Crippen LogP contribution in [0.15, 0.2) is 16.8 Å². The monoisotopic (exact) mass is 271 g/mol. The van der Waals surface area contributed by atoms with Gasteiger partial charge < -0.3 is 4.90 Å². The summed E-state index contributed by atoms with van der Waals surface area (Å²) in [5.74, 6) is 0.825. The average molecular weight is 272 g/mol. The van der Waals surface area contributed by atoms with Gasteiger partial charge in [0, 0.05) is 18.5 Å². The molecule has 0 spiro atoms. The van der Waals surface area contributed by atoms with Gasteiger partial charge in [-0.25, -0.2) is 0 Å². The number of hydrogen-bond donors (Lipinski definition) is 0. The Kier molecular flexibility index (Phi) is 4.46. The summed E-state index contributed by atoms with van der Waals surface area (Å²) in [5, 5.41) is 4.29. The van der Waals surface area contributed by atoms with Crippen LogP contribution in [0.4, 0.5) is 0 Å². The number of likely N-dealkylation sites (tertiary alicyclic amines) is 1. The van der Waals surface area contributed by atoms with Crippen molar-refractivity contribution in [3.8, 4) is 0 Å². The molecule has 0 aromatic carbocycles. The molecule has 1 amide bonds. The van der Waals surface area contributed by atoms with Crippen molar-refractivity contribution >= 4 is 28.8 Å². The molecule has 1 aliphatic heterocycles.